The number of nitrogens with two attached hydrogens (primary N) is 1. The SMILES string of the molecule is CC(NC1CCC(N)CC1)C(F)F.Cl.Cl. The third-order valence-corrected chi connectivity index (χ3v) is 2.65. The Kier molecular flexibility index (Phi) is 10.1. The zero-order chi connectivity index (χ0) is 9.84. The summed E-state index contributed by atoms with van der Waals surface area (Å²) in [5, 5.41) is 2.93. The summed E-state index contributed by atoms with van der Waals surface area (Å²) in [5.74, 6) is 0. The first-order chi connectivity index (χ1) is 6.09. The highest BCUT2D eigenvalue weighted by atomic mass is 35.5. The topological polar surface area (TPSA) is 38.0 Å². The minimum Gasteiger partial charge on any atom is -0.328 e. The molecule has 3 N–H and O–H groups in total. The van der Waals surface area contributed by atoms with Crippen molar-refractivity contribution < 1.29 is 8.78 Å². The number of hydrogen-bond acceptors (Lipinski definition) is 2. The van der Waals surface area contributed by atoms with Crippen LogP contribution in [0.25, 0.3) is 0 Å². The largest absolute Gasteiger partial charge is 0.328 e. The third kappa shape index (κ3) is 6.51. The third-order valence-electron chi connectivity index (χ3n) is 2.65. The fraction of sp³-hybridized carbons (Fsp3) is 1.00. The van der Waals surface area contributed by atoms with Crippen LogP contribution >= 0.6 is 24.8 Å². The predicted molar refractivity (Wildman–Crippen MR) is 63.3 cm³/mol. The predicted octanol–water partition coefficient (Wildman–Crippen LogP) is 2.34. The fourth-order valence-corrected chi connectivity index (χ4v) is 1.73. The van der Waals surface area contributed by atoms with E-state index in [0.717, 1.165) is 25.7 Å². The van der Waals surface area contributed by atoms with Gasteiger partial charge in [0, 0.05) is 12.1 Å². The second-order valence-corrected chi connectivity index (χ2v) is 3.90. The van der Waals surface area contributed by atoms with E-state index in [0.29, 0.717) is 0 Å². The summed E-state index contributed by atoms with van der Waals surface area (Å²) in [6.07, 6.45) is 1.49. The van der Waals surface area contributed by atoms with E-state index in [1.165, 1.54) is 6.92 Å². The van der Waals surface area contributed by atoms with Crippen molar-refractivity contribution in [3.63, 3.8) is 0 Å². The lowest BCUT2D eigenvalue weighted by atomic mass is 9.91. The molecule has 0 bridgehead atoms. The average Bonchev–Trinajstić information content (AvgIpc) is 2.08. The van der Waals surface area contributed by atoms with Gasteiger partial charge in [0.2, 0.25) is 0 Å². The Labute approximate surface area is 102 Å². The fourth-order valence-electron chi connectivity index (χ4n) is 1.73. The summed E-state index contributed by atoms with van der Waals surface area (Å²) in [7, 11) is 0. The van der Waals surface area contributed by atoms with Crippen LogP contribution in [0.3, 0.4) is 0 Å². The smallest absolute Gasteiger partial charge is 0.253 e. The maximum atomic E-state index is 12.2. The van der Waals surface area contributed by atoms with Crippen LogP contribution in [0.15, 0.2) is 0 Å². The number of alkyl halides is 2. The molecule has 2 nitrogen and oxygen atoms in total. The zero-order valence-electron chi connectivity index (χ0n) is 8.79. The van der Waals surface area contributed by atoms with E-state index in [2.05, 4.69) is 5.32 Å². The lowest BCUT2D eigenvalue weighted by Crippen LogP contribution is -2.44. The molecule has 1 saturated carbocycles. The van der Waals surface area contributed by atoms with Crippen LogP contribution in [0.4, 0.5) is 8.78 Å². The van der Waals surface area contributed by atoms with Gasteiger partial charge in [-0.25, -0.2) is 8.78 Å². The number of hydrogen-bond donors (Lipinski definition) is 2. The monoisotopic (exact) mass is 264 g/mol. The van der Waals surface area contributed by atoms with Gasteiger partial charge < -0.3 is 11.1 Å². The molecule has 0 aromatic carbocycles. The van der Waals surface area contributed by atoms with Crippen molar-refractivity contribution in [3.8, 4) is 0 Å². The van der Waals surface area contributed by atoms with Crippen LogP contribution in [0.2, 0.25) is 0 Å². The molecule has 6 heteroatoms. The molecule has 0 saturated heterocycles. The van der Waals surface area contributed by atoms with Crippen LogP contribution in [0, 0.1) is 0 Å². The van der Waals surface area contributed by atoms with Gasteiger partial charge in [0.05, 0.1) is 6.04 Å². The summed E-state index contributed by atoms with van der Waals surface area (Å²) >= 11 is 0. The van der Waals surface area contributed by atoms with Crippen molar-refractivity contribution >= 4 is 24.8 Å². The second kappa shape index (κ2) is 8.50. The summed E-state index contributed by atoms with van der Waals surface area (Å²) in [4.78, 5) is 0. The normalized spacial score (nSPS) is 27.8. The highest BCUT2D eigenvalue weighted by Gasteiger charge is 2.22. The molecule has 1 aliphatic rings. The highest BCUT2D eigenvalue weighted by molar-refractivity contribution is 5.85. The van der Waals surface area contributed by atoms with Crippen molar-refractivity contribution in [2.45, 2.75) is 57.2 Å². The van der Waals surface area contributed by atoms with E-state index in [1.807, 2.05) is 0 Å². The summed E-state index contributed by atoms with van der Waals surface area (Å²) in [5.41, 5.74) is 5.71. The van der Waals surface area contributed by atoms with Gasteiger partial charge in [-0.2, -0.15) is 0 Å². The van der Waals surface area contributed by atoms with Gasteiger partial charge in [0.1, 0.15) is 0 Å². The lowest BCUT2D eigenvalue weighted by molar-refractivity contribution is 0.0957. The summed E-state index contributed by atoms with van der Waals surface area (Å²) in [6.45, 7) is 1.53. The Morgan fingerprint density at radius 2 is 1.60 bits per heavy atom. The Morgan fingerprint density at radius 3 is 2.00 bits per heavy atom. The molecule has 0 radical (unpaired) electrons. The molecule has 1 fully saturated rings. The summed E-state index contributed by atoms with van der Waals surface area (Å²) in [6, 6.07) is -0.178. The molecule has 1 unspecified atom stereocenters. The van der Waals surface area contributed by atoms with E-state index in [9.17, 15) is 8.78 Å². The zero-order valence-corrected chi connectivity index (χ0v) is 10.4. The van der Waals surface area contributed by atoms with Gasteiger partial charge in [-0.3, -0.25) is 0 Å². The average molecular weight is 265 g/mol. The Hall–Kier alpha value is 0.360. The number of nitrogens with one attached hydrogen (secondary N) is 1. The van der Waals surface area contributed by atoms with Gasteiger partial charge in [-0.1, -0.05) is 0 Å². The minimum atomic E-state index is -2.27. The van der Waals surface area contributed by atoms with E-state index in [-0.39, 0.29) is 36.9 Å². The highest BCUT2D eigenvalue weighted by Crippen LogP contribution is 2.18. The molecular weight excluding hydrogens is 245 g/mol. The molecule has 94 valence electrons. The molecule has 1 rings (SSSR count). The van der Waals surface area contributed by atoms with Gasteiger partial charge in [-0.05, 0) is 32.6 Å². The minimum absolute atomic E-state index is 0. The van der Waals surface area contributed by atoms with Crippen LogP contribution in [-0.2, 0) is 0 Å². The summed E-state index contributed by atoms with van der Waals surface area (Å²) < 4.78 is 24.3. The first-order valence-electron chi connectivity index (χ1n) is 4.89. The molecule has 1 atom stereocenters. The molecule has 0 heterocycles. The Bertz CT molecular complexity index is 153. The molecule has 0 spiro atoms. The first-order valence-corrected chi connectivity index (χ1v) is 4.89. The van der Waals surface area contributed by atoms with Crippen molar-refractivity contribution in [2.24, 2.45) is 5.73 Å². The van der Waals surface area contributed by atoms with E-state index in [4.69, 9.17) is 5.73 Å². The molecule has 0 aromatic rings. The maximum Gasteiger partial charge on any atom is 0.253 e. The van der Waals surface area contributed by atoms with Crippen molar-refractivity contribution in [1.29, 1.82) is 0 Å². The second-order valence-electron chi connectivity index (χ2n) is 3.90. The molecule has 0 amide bonds. The van der Waals surface area contributed by atoms with Gasteiger partial charge in [-0.15, -0.1) is 24.8 Å². The van der Waals surface area contributed by atoms with Crippen LogP contribution in [-0.4, -0.2) is 24.6 Å². The lowest BCUT2D eigenvalue weighted by Gasteiger charge is -2.29. The van der Waals surface area contributed by atoms with Crippen molar-refractivity contribution in [3.05, 3.63) is 0 Å². The molecule has 0 aromatic heterocycles. The van der Waals surface area contributed by atoms with Gasteiger partial charge in [0.25, 0.3) is 6.43 Å². The van der Waals surface area contributed by atoms with Gasteiger partial charge >= 0.3 is 0 Å². The molecular formula is C9H20Cl2F2N2. The molecule has 15 heavy (non-hydrogen) atoms. The maximum absolute atomic E-state index is 12.2. The van der Waals surface area contributed by atoms with Crippen LogP contribution in [0.5, 0.6) is 0 Å². The molecule has 1 aliphatic carbocycles. The first kappa shape index (κ1) is 17.7. The van der Waals surface area contributed by atoms with E-state index in [1.54, 1.807) is 0 Å². The van der Waals surface area contributed by atoms with E-state index >= 15 is 0 Å². The number of rotatable bonds is 3. The van der Waals surface area contributed by atoms with Crippen LogP contribution in [0.1, 0.15) is 32.6 Å². The van der Waals surface area contributed by atoms with E-state index < -0.39 is 12.5 Å². The van der Waals surface area contributed by atoms with Crippen molar-refractivity contribution in [1.82, 2.24) is 5.32 Å². The van der Waals surface area contributed by atoms with Crippen molar-refractivity contribution in [2.75, 3.05) is 0 Å². The Balaban J connectivity index is 0. The van der Waals surface area contributed by atoms with Crippen LogP contribution < -0.4 is 11.1 Å². The van der Waals surface area contributed by atoms with Gasteiger partial charge in [0.15, 0.2) is 0 Å². The molecule has 0 aliphatic heterocycles. The Morgan fingerprint density at radius 1 is 1.13 bits per heavy atom. The number of halogens is 4. The standard InChI is InChI=1S/C9H18F2N2.2ClH/c1-6(9(10)11)13-8-4-2-7(12)3-5-8;;/h6-9,13H,2-5,12H2,1H3;2*1H. The quantitative estimate of drug-likeness (QED) is 0.822.